The molecule has 5 nitrogen and oxygen atoms in total. The van der Waals surface area contributed by atoms with Gasteiger partial charge in [0.2, 0.25) is 0 Å². The van der Waals surface area contributed by atoms with Gasteiger partial charge in [0, 0.05) is 25.6 Å². The molecule has 1 aromatic heterocycles. The molecule has 2 N–H and O–H groups in total. The molecule has 0 radical (unpaired) electrons. The molecule has 0 spiro atoms. The normalized spacial score (nSPS) is 13.0. The highest BCUT2D eigenvalue weighted by molar-refractivity contribution is 14.0. The summed E-state index contributed by atoms with van der Waals surface area (Å²) >= 11 is 0.944. The van der Waals surface area contributed by atoms with Crippen LogP contribution in [0.4, 0.5) is 13.2 Å². The van der Waals surface area contributed by atoms with Gasteiger partial charge in [-0.1, -0.05) is 30.3 Å². The minimum Gasteiger partial charge on any atom is -0.375 e. The molecule has 1 atom stereocenters. The number of aliphatic imine (C=N–C) groups is 1. The summed E-state index contributed by atoms with van der Waals surface area (Å²) in [4.78, 5) is 7.88. The van der Waals surface area contributed by atoms with Crippen molar-refractivity contribution in [3.63, 3.8) is 0 Å². The third-order valence-corrected chi connectivity index (χ3v) is 4.30. The van der Waals surface area contributed by atoms with Crippen LogP contribution in [0, 0.1) is 0 Å². The summed E-state index contributed by atoms with van der Waals surface area (Å²) < 4.78 is 43.3. The topological polar surface area (TPSA) is 58.5 Å². The van der Waals surface area contributed by atoms with Crippen LogP contribution in [-0.2, 0) is 17.5 Å². The molecular formula is C17H22F3IN4OS. The Hall–Kier alpha value is -1.40. The van der Waals surface area contributed by atoms with E-state index in [0.717, 1.165) is 22.3 Å². The molecule has 1 aromatic carbocycles. The Morgan fingerprint density at radius 1 is 1.26 bits per heavy atom. The molecule has 0 aliphatic carbocycles. The van der Waals surface area contributed by atoms with Crippen molar-refractivity contribution in [2.24, 2.45) is 4.99 Å². The van der Waals surface area contributed by atoms with Crippen molar-refractivity contribution in [2.45, 2.75) is 25.7 Å². The number of nitrogens with zero attached hydrogens (tertiary/aromatic N) is 2. The van der Waals surface area contributed by atoms with E-state index >= 15 is 0 Å². The number of thiazole rings is 1. The first-order chi connectivity index (χ1) is 12.4. The maximum atomic E-state index is 12.6. The van der Waals surface area contributed by atoms with E-state index in [-0.39, 0.29) is 36.6 Å². The van der Waals surface area contributed by atoms with E-state index in [1.54, 1.807) is 7.11 Å². The standard InChI is InChI=1S/C17H21F3N4OS.HI/c1-3-21-16(22-9-13(25-2)12-7-5-4-6-8-12)23-10-15-24-14(11-26-15)17(18,19)20;/h4-8,11,13H,3,9-10H2,1-2H3,(H2,21,22,23);1H. The van der Waals surface area contributed by atoms with Crippen molar-refractivity contribution < 1.29 is 17.9 Å². The molecule has 0 bridgehead atoms. The molecule has 0 aliphatic heterocycles. The van der Waals surface area contributed by atoms with Gasteiger partial charge in [-0.15, -0.1) is 35.3 Å². The monoisotopic (exact) mass is 514 g/mol. The van der Waals surface area contributed by atoms with Gasteiger partial charge in [0.25, 0.3) is 0 Å². The zero-order valence-electron chi connectivity index (χ0n) is 14.9. The van der Waals surface area contributed by atoms with E-state index in [1.807, 2.05) is 37.3 Å². The highest BCUT2D eigenvalue weighted by Gasteiger charge is 2.33. The van der Waals surface area contributed by atoms with Crippen LogP contribution in [0.25, 0.3) is 0 Å². The Morgan fingerprint density at radius 3 is 2.52 bits per heavy atom. The first kappa shape index (κ1) is 23.6. The number of ether oxygens (including phenoxy) is 1. The van der Waals surface area contributed by atoms with E-state index < -0.39 is 11.9 Å². The van der Waals surface area contributed by atoms with E-state index in [9.17, 15) is 13.2 Å². The lowest BCUT2D eigenvalue weighted by Crippen LogP contribution is -2.39. The minimum absolute atomic E-state index is 0. The number of rotatable bonds is 7. The summed E-state index contributed by atoms with van der Waals surface area (Å²) in [5.41, 5.74) is 0.141. The fraction of sp³-hybridized carbons (Fsp3) is 0.412. The summed E-state index contributed by atoms with van der Waals surface area (Å²) in [7, 11) is 1.62. The average molecular weight is 514 g/mol. The van der Waals surface area contributed by atoms with Gasteiger partial charge in [0.15, 0.2) is 11.7 Å². The van der Waals surface area contributed by atoms with Crippen molar-refractivity contribution >= 4 is 41.3 Å². The van der Waals surface area contributed by atoms with Crippen LogP contribution in [-0.4, -0.2) is 31.1 Å². The molecule has 1 heterocycles. The molecule has 2 rings (SSSR count). The zero-order chi connectivity index (χ0) is 19.0. The van der Waals surface area contributed by atoms with E-state index in [0.29, 0.717) is 24.1 Å². The lowest BCUT2D eigenvalue weighted by Gasteiger charge is -2.18. The van der Waals surface area contributed by atoms with Gasteiger partial charge < -0.3 is 15.4 Å². The Morgan fingerprint density at radius 2 is 1.96 bits per heavy atom. The number of halogens is 4. The van der Waals surface area contributed by atoms with Crippen molar-refractivity contribution in [3.8, 4) is 0 Å². The van der Waals surface area contributed by atoms with Crippen LogP contribution in [0.15, 0.2) is 40.7 Å². The second-order valence-corrected chi connectivity index (χ2v) is 6.28. The molecule has 150 valence electrons. The Bertz CT molecular complexity index is 710. The van der Waals surface area contributed by atoms with Crippen LogP contribution in [0.3, 0.4) is 0 Å². The molecule has 0 amide bonds. The van der Waals surface area contributed by atoms with Crippen LogP contribution >= 0.6 is 35.3 Å². The van der Waals surface area contributed by atoms with Gasteiger partial charge >= 0.3 is 6.18 Å². The Kier molecular flexibility index (Phi) is 10.0. The highest BCUT2D eigenvalue weighted by atomic mass is 127. The average Bonchev–Trinajstić information content (AvgIpc) is 3.10. The minimum atomic E-state index is -4.43. The number of nitrogens with one attached hydrogen (secondary N) is 2. The summed E-state index contributed by atoms with van der Waals surface area (Å²) in [6.07, 6.45) is -4.60. The Labute approximate surface area is 177 Å². The summed E-state index contributed by atoms with van der Waals surface area (Å²) in [6.45, 7) is 3.07. The molecule has 1 unspecified atom stereocenters. The van der Waals surface area contributed by atoms with Crippen molar-refractivity contribution in [2.75, 3.05) is 20.2 Å². The van der Waals surface area contributed by atoms with E-state index in [2.05, 4.69) is 20.6 Å². The SMILES string of the molecule is CCNC(=NCc1nc(C(F)(F)F)cs1)NCC(OC)c1ccccc1.I. The molecule has 0 fully saturated rings. The maximum absolute atomic E-state index is 12.6. The largest absolute Gasteiger partial charge is 0.434 e. The number of guanidine groups is 1. The smallest absolute Gasteiger partial charge is 0.375 e. The number of hydrogen-bond acceptors (Lipinski definition) is 4. The maximum Gasteiger partial charge on any atom is 0.434 e. The lowest BCUT2D eigenvalue weighted by atomic mass is 10.1. The van der Waals surface area contributed by atoms with Crippen molar-refractivity contribution in [1.82, 2.24) is 15.6 Å². The van der Waals surface area contributed by atoms with Crippen molar-refractivity contribution in [3.05, 3.63) is 52.0 Å². The predicted octanol–water partition coefficient (Wildman–Crippen LogP) is 4.22. The van der Waals surface area contributed by atoms with Crippen LogP contribution in [0.2, 0.25) is 0 Å². The van der Waals surface area contributed by atoms with Gasteiger partial charge in [0.05, 0.1) is 12.6 Å². The summed E-state index contributed by atoms with van der Waals surface area (Å²) in [6, 6.07) is 9.73. The second-order valence-electron chi connectivity index (χ2n) is 5.34. The number of methoxy groups -OCH3 is 1. The van der Waals surface area contributed by atoms with Gasteiger partial charge in [-0.25, -0.2) is 9.98 Å². The molecular weight excluding hydrogens is 492 g/mol. The molecule has 27 heavy (non-hydrogen) atoms. The molecule has 0 aliphatic rings. The number of hydrogen-bond donors (Lipinski definition) is 2. The number of aromatic nitrogens is 1. The molecule has 0 saturated heterocycles. The van der Waals surface area contributed by atoms with Gasteiger partial charge in [-0.2, -0.15) is 13.2 Å². The van der Waals surface area contributed by atoms with Crippen LogP contribution < -0.4 is 10.6 Å². The first-order valence-corrected chi connectivity index (χ1v) is 8.93. The lowest BCUT2D eigenvalue weighted by molar-refractivity contribution is -0.140. The third-order valence-electron chi connectivity index (χ3n) is 3.47. The third kappa shape index (κ3) is 7.62. The number of alkyl halides is 3. The molecule has 2 aromatic rings. The zero-order valence-corrected chi connectivity index (χ0v) is 18.1. The second kappa shape index (κ2) is 11.4. The van der Waals surface area contributed by atoms with E-state index in [1.165, 1.54) is 0 Å². The highest BCUT2D eigenvalue weighted by Crippen LogP contribution is 2.30. The molecule has 0 saturated carbocycles. The summed E-state index contributed by atoms with van der Waals surface area (Å²) in [5, 5.41) is 7.51. The fourth-order valence-corrected chi connectivity index (χ4v) is 2.92. The van der Waals surface area contributed by atoms with E-state index in [4.69, 9.17) is 4.74 Å². The first-order valence-electron chi connectivity index (χ1n) is 8.05. The predicted molar refractivity (Wildman–Crippen MR) is 112 cm³/mol. The van der Waals surface area contributed by atoms with Crippen LogP contribution in [0.1, 0.15) is 29.3 Å². The fourth-order valence-electron chi connectivity index (χ4n) is 2.20. The summed E-state index contributed by atoms with van der Waals surface area (Å²) in [5.74, 6) is 0.495. The van der Waals surface area contributed by atoms with Gasteiger partial charge in [-0.05, 0) is 12.5 Å². The van der Waals surface area contributed by atoms with Crippen LogP contribution in [0.5, 0.6) is 0 Å². The quantitative estimate of drug-likeness (QED) is 0.330. The van der Waals surface area contributed by atoms with Gasteiger partial charge in [0.1, 0.15) is 5.01 Å². The Balaban J connectivity index is 0.00000364. The van der Waals surface area contributed by atoms with Crippen molar-refractivity contribution in [1.29, 1.82) is 0 Å². The number of benzene rings is 1. The van der Waals surface area contributed by atoms with Gasteiger partial charge in [-0.3, -0.25) is 0 Å². The molecule has 10 heteroatoms.